The molecule has 1 unspecified atom stereocenters. The van der Waals surface area contributed by atoms with Gasteiger partial charge >= 0.3 is 12.1 Å². The summed E-state index contributed by atoms with van der Waals surface area (Å²) in [6, 6.07) is -0.774. The number of carboxylic acid groups (broad SMARTS) is 1. The molecule has 104 valence electrons. The van der Waals surface area contributed by atoms with E-state index in [4.69, 9.17) is 4.74 Å². The van der Waals surface area contributed by atoms with Crippen molar-refractivity contribution in [3.8, 4) is 0 Å². The first-order valence-corrected chi connectivity index (χ1v) is 7.26. The maximum absolute atomic E-state index is 12.0. The van der Waals surface area contributed by atoms with Crippen LogP contribution in [0.5, 0.6) is 0 Å². The molecule has 5 nitrogen and oxygen atoms in total. The number of ether oxygens (including phenoxy) is 1. The van der Waals surface area contributed by atoms with Crippen molar-refractivity contribution in [1.82, 2.24) is 4.90 Å². The lowest BCUT2D eigenvalue weighted by Gasteiger charge is -2.59. The molecule has 5 fully saturated rings. The molecule has 0 aromatic carbocycles. The second-order valence-corrected chi connectivity index (χ2v) is 6.94. The van der Waals surface area contributed by atoms with Gasteiger partial charge in [0.25, 0.3) is 0 Å². The molecular formula is C14H19NO4. The first-order chi connectivity index (χ1) is 9.07. The average molecular weight is 265 g/mol. The summed E-state index contributed by atoms with van der Waals surface area (Å²) in [6.07, 6.45) is 6.38. The highest BCUT2D eigenvalue weighted by Crippen LogP contribution is 2.58. The van der Waals surface area contributed by atoms with Crippen LogP contribution in [0.4, 0.5) is 4.79 Å². The third-order valence-electron chi connectivity index (χ3n) is 5.68. The van der Waals surface area contributed by atoms with Gasteiger partial charge in [-0.3, -0.25) is 4.90 Å². The predicted octanol–water partition coefficient (Wildman–Crippen LogP) is 1.86. The normalized spacial score (nSPS) is 47.6. The lowest BCUT2D eigenvalue weighted by molar-refractivity contribution is -0.147. The summed E-state index contributed by atoms with van der Waals surface area (Å²) < 4.78 is 5.04. The van der Waals surface area contributed by atoms with Gasteiger partial charge in [0, 0.05) is 5.54 Å². The van der Waals surface area contributed by atoms with E-state index in [2.05, 4.69) is 0 Å². The van der Waals surface area contributed by atoms with Gasteiger partial charge in [0.2, 0.25) is 0 Å². The SMILES string of the molecule is O=C(O)C1COC(=O)N1C12CC3CC(CC(C3)C1)C2. The quantitative estimate of drug-likeness (QED) is 0.827. The van der Waals surface area contributed by atoms with Crippen LogP contribution in [0.1, 0.15) is 38.5 Å². The van der Waals surface area contributed by atoms with Crippen molar-refractivity contribution in [2.75, 3.05) is 6.61 Å². The number of carboxylic acids is 1. The van der Waals surface area contributed by atoms with Crippen molar-refractivity contribution in [2.24, 2.45) is 17.8 Å². The zero-order valence-corrected chi connectivity index (χ0v) is 10.9. The molecule has 1 aliphatic heterocycles. The smallest absolute Gasteiger partial charge is 0.411 e. The topological polar surface area (TPSA) is 66.8 Å². The van der Waals surface area contributed by atoms with Crippen LogP contribution in [0.2, 0.25) is 0 Å². The Hall–Kier alpha value is -1.26. The molecule has 0 spiro atoms. The number of aliphatic carboxylic acids is 1. The van der Waals surface area contributed by atoms with E-state index in [0.29, 0.717) is 17.8 Å². The molecule has 5 aliphatic rings. The van der Waals surface area contributed by atoms with E-state index in [1.54, 1.807) is 4.90 Å². The number of amides is 1. The predicted molar refractivity (Wildman–Crippen MR) is 65.5 cm³/mol. The fraction of sp³-hybridized carbons (Fsp3) is 0.857. The molecule has 0 aromatic rings. The Morgan fingerprint density at radius 3 is 2.16 bits per heavy atom. The third-order valence-corrected chi connectivity index (χ3v) is 5.68. The number of cyclic esters (lactones) is 1. The highest BCUT2D eigenvalue weighted by Gasteiger charge is 2.59. The van der Waals surface area contributed by atoms with Crippen LogP contribution in [-0.2, 0) is 9.53 Å². The van der Waals surface area contributed by atoms with E-state index >= 15 is 0 Å². The molecule has 1 heterocycles. The molecule has 4 aliphatic carbocycles. The molecule has 4 saturated carbocycles. The van der Waals surface area contributed by atoms with E-state index in [1.807, 2.05) is 0 Å². The summed E-state index contributed by atoms with van der Waals surface area (Å²) in [7, 11) is 0. The van der Waals surface area contributed by atoms with Gasteiger partial charge in [0.1, 0.15) is 6.61 Å². The Labute approximate surface area is 111 Å². The van der Waals surface area contributed by atoms with E-state index in [9.17, 15) is 14.7 Å². The second-order valence-electron chi connectivity index (χ2n) is 6.94. The number of hydrogen-bond donors (Lipinski definition) is 1. The largest absolute Gasteiger partial charge is 0.480 e. The van der Waals surface area contributed by atoms with Gasteiger partial charge in [-0.2, -0.15) is 0 Å². The molecule has 4 bridgehead atoms. The van der Waals surface area contributed by atoms with Crippen LogP contribution in [-0.4, -0.2) is 40.3 Å². The summed E-state index contributed by atoms with van der Waals surface area (Å²) in [4.78, 5) is 25.0. The van der Waals surface area contributed by atoms with Gasteiger partial charge in [-0.1, -0.05) is 0 Å². The third kappa shape index (κ3) is 1.53. The monoisotopic (exact) mass is 265 g/mol. The molecule has 1 saturated heterocycles. The average Bonchev–Trinajstić information content (AvgIpc) is 2.70. The fourth-order valence-electron chi connectivity index (χ4n) is 5.49. The van der Waals surface area contributed by atoms with E-state index in [1.165, 1.54) is 19.3 Å². The summed E-state index contributed by atoms with van der Waals surface area (Å²) in [5, 5.41) is 9.33. The Kier molecular flexibility index (Phi) is 2.22. The minimum absolute atomic E-state index is 0.00984. The summed E-state index contributed by atoms with van der Waals surface area (Å²) in [6.45, 7) is 0.00984. The number of carbonyl (C=O) groups is 2. The lowest BCUT2D eigenvalue weighted by atomic mass is 9.52. The van der Waals surface area contributed by atoms with E-state index < -0.39 is 18.1 Å². The maximum atomic E-state index is 12.0. The zero-order valence-electron chi connectivity index (χ0n) is 10.9. The van der Waals surface area contributed by atoms with Crippen LogP contribution in [0.15, 0.2) is 0 Å². The van der Waals surface area contributed by atoms with Crippen LogP contribution < -0.4 is 0 Å². The first-order valence-electron chi connectivity index (χ1n) is 7.26. The van der Waals surface area contributed by atoms with Gasteiger partial charge < -0.3 is 9.84 Å². The van der Waals surface area contributed by atoms with E-state index in [-0.39, 0.29) is 12.1 Å². The fourth-order valence-corrected chi connectivity index (χ4v) is 5.49. The van der Waals surface area contributed by atoms with Gasteiger partial charge in [-0.25, -0.2) is 9.59 Å². The van der Waals surface area contributed by atoms with Crippen LogP contribution in [0, 0.1) is 17.8 Å². The number of hydrogen-bond acceptors (Lipinski definition) is 3. The maximum Gasteiger partial charge on any atom is 0.411 e. The molecule has 19 heavy (non-hydrogen) atoms. The Balaban J connectivity index is 1.70. The van der Waals surface area contributed by atoms with Crippen molar-refractivity contribution in [1.29, 1.82) is 0 Å². The number of nitrogens with zero attached hydrogens (tertiary/aromatic N) is 1. The summed E-state index contributed by atoms with van der Waals surface area (Å²) in [5.74, 6) is 1.14. The molecule has 1 atom stereocenters. The molecule has 0 aromatic heterocycles. The van der Waals surface area contributed by atoms with Crippen LogP contribution in [0.3, 0.4) is 0 Å². The minimum atomic E-state index is -0.929. The molecule has 0 radical (unpaired) electrons. The van der Waals surface area contributed by atoms with Gasteiger partial charge in [-0.05, 0) is 56.3 Å². The standard InChI is InChI=1S/C14H19NO4/c16-12(17)11-7-19-13(18)15(11)14-4-8-1-9(5-14)3-10(2-8)6-14/h8-11H,1-7H2,(H,16,17). The Morgan fingerprint density at radius 1 is 1.16 bits per heavy atom. The number of carbonyl (C=O) groups excluding carboxylic acids is 1. The van der Waals surface area contributed by atoms with Crippen molar-refractivity contribution in [2.45, 2.75) is 50.1 Å². The molecule has 1 amide bonds. The summed E-state index contributed by atoms with van der Waals surface area (Å²) >= 11 is 0. The van der Waals surface area contributed by atoms with E-state index in [0.717, 1.165) is 19.3 Å². The summed E-state index contributed by atoms with van der Waals surface area (Å²) in [5.41, 5.74) is -0.217. The Morgan fingerprint density at radius 2 is 1.68 bits per heavy atom. The highest BCUT2D eigenvalue weighted by molar-refractivity contribution is 5.83. The van der Waals surface area contributed by atoms with Gasteiger partial charge in [-0.15, -0.1) is 0 Å². The zero-order chi connectivity index (χ0) is 13.2. The second kappa shape index (κ2) is 3.64. The first kappa shape index (κ1) is 11.6. The van der Waals surface area contributed by atoms with Crippen LogP contribution in [0.25, 0.3) is 0 Å². The molecule has 1 N–H and O–H groups in total. The van der Waals surface area contributed by atoms with Gasteiger partial charge in [0.05, 0.1) is 0 Å². The molecular weight excluding hydrogens is 246 g/mol. The molecule has 5 rings (SSSR count). The van der Waals surface area contributed by atoms with Crippen molar-refractivity contribution < 1.29 is 19.4 Å². The lowest BCUT2D eigenvalue weighted by Crippen LogP contribution is -2.63. The van der Waals surface area contributed by atoms with Crippen molar-refractivity contribution in [3.63, 3.8) is 0 Å². The highest BCUT2D eigenvalue weighted by atomic mass is 16.6. The Bertz CT molecular complexity index is 411. The van der Waals surface area contributed by atoms with Crippen molar-refractivity contribution >= 4 is 12.1 Å². The van der Waals surface area contributed by atoms with Crippen molar-refractivity contribution in [3.05, 3.63) is 0 Å². The molecule has 5 heteroatoms. The van der Waals surface area contributed by atoms with Crippen LogP contribution >= 0.6 is 0 Å². The van der Waals surface area contributed by atoms with Gasteiger partial charge in [0.15, 0.2) is 6.04 Å². The number of rotatable bonds is 2. The minimum Gasteiger partial charge on any atom is -0.480 e.